The van der Waals surface area contributed by atoms with Crippen molar-refractivity contribution in [3.05, 3.63) is 22.8 Å². The third-order valence-corrected chi connectivity index (χ3v) is 4.72. The third kappa shape index (κ3) is 3.14. The van der Waals surface area contributed by atoms with Crippen LogP contribution in [-0.4, -0.2) is 35.1 Å². The smallest absolute Gasteiger partial charge is 0.315 e. The molecule has 0 saturated carbocycles. The Morgan fingerprint density at radius 1 is 0.875 bits per heavy atom. The molecule has 0 N–H and O–H groups in total. The molecular formula is C18H24N2O4. The molecule has 24 heavy (non-hydrogen) atoms. The van der Waals surface area contributed by atoms with E-state index in [0.717, 1.165) is 61.3 Å². The van der Waals surface area contributed by atoms with Crippen molar-refractivity contribution in [2.45, 2.75) is 64.2 Å². The van der Waals surface area contributed by atoms with Crippen LogP contribution in [0.1, 0.15) is 74.1 Å². The minimum absolute atomic E-state index is 0.217. The molecule has 130 valence electrons. The van der Waals surface area contributed by atoms with Crippen molar-refractivity contribution in [1.29, 1.82) is 0 Å². The van der Waals surface area contributed by atoms with Gasteiger partial charge in [0.2, 0.25) is 0 Å². The van der Waals surface area contributed by atoms with Crippen LogP contribution in [0.5, 0.6) is 0 Å². The predicted molar refractivity (Wildman–Crippen MR) is 86.7 cm³/mol. The molecule has 0 aromatic carbocycles. The highest BCUT2D eigenvalue weighted by molar-refractivity contribution is 5.79. The van der Waals surface area contributed by atoms with Gasteiger partial charge in [-0.1, -0.05) is 0 Å². The largest absolute Gasteiger partial charge is 0.465 e. The standard InChI is InChI=1S/C18H24N2O4/c1-3-23-17(21)11-7-5-9-13-15(11)19-14-10-6-8-12(16(14)20-13)18(22)24-4-2/h11-12H,3-10H2,1-2H3/t11-,12-/m1/s1. The SMILES string of the molecule is CCOC(=O)[C@@H]1CCCc2nc3c(nc21)CCC[C@H]3C(=O)OCC. The van der Waals surface area contributed by atoms with Crippen molar-refractivity contribution in [1.82, 2.24) is 9.97 Å². The van der Waals surface area contributed by atoms with E-state index in [4.69, 9.17) is 19.4 Å². The zero-order chi connectivity index (χ0) is 17.1. The predicted octanol–water partition coefficient (Wildman–Crippen LogP) is 2.44. The fraction of sp³-hybridized carbons (Fsp3) is 0.667. The van der Waals surface area contributed by atoms with Crippen molar-refractivity contribution < 1.29 is 19.1 Å². The van der Waals surface area contributed by atoms with Crippen molar-refractivity contribution in [2.24, 2.45) is 0 Å². The Balaban J connectivity index is 1.96. The summed E-state index contributed by atoms with van der Waals surface area (Å²) in [4.78, 5) is 34.0. The molecular weight excluding hydrogens is 308 g/mol. The van der Waals surface area contributed by atoms with Gasteiger partial charge in [-0.25, -0.2) is 0 Å². The van der Waals surface area contributed by atoms with E-state index in [2.05, 4.69) is 0 Å². The lowest BCUT2D eigenvalue weighted by molar-refractivity contribution is -0.146. The van der Waals surface area contributed by atoms with E-state index in [1.807, 2.05) is 13.8 Å². The van der Waals surface area contributed by atoms with Gasteiger partial charge in [0.1, 0.15) is 11.8 Å². The Morgan fingerprint density at radius 3 is 1.67 bits per heavy atom. The first-order valence-electron chi connectivity index (χ1n) is 8.88. The molecule has 6 nitrogen and oxygen atoms in total. The number of rotatable bonds is 4. The number of nitrogens with zero attached hydrogens (tertiary/aromatic N) is 2. The molecule has 1 aromatic rings. The first-order valence-corrected chi connectivity index (χ1v) is 8.88. The fourth-order valence-corrected chi connectivity index (χ4v) is 3.63. The topological polar surface area (TPSA) is 78.4 Å². The number of carbonyl (C=O) groups excluding carboxylic acids is 2. The minimum atomic E-state index is -0.325. The monoisotopic (exact) mass is 332 g/mol. The number of carbonyl (C=O) groups is 2. The van der Waals surface area contributed by atoms with E-state index in [0.29, 0.717) is 13.2 Å². The van der Waals surface area contributed by atoms with Crippen LogP contribution in [0.3, 0.4) is 0 Å². The van der Waals surface area contributed by atoms with Crippen LogP contribution in [-0.2, 0) is 31.9 Å². The summed E-state index contributed by atoms with van der Waals surface area (Å²) >= 11 is 0. The summed E-state index contributed by atoms with van der Waals surface area (Å²) in [5, 5.41) is 0. The quantitative estimate of drug-likeness (QED) is 0.788. The summed E-state index contributed by atoms with van der Waals surface area (Å²) in [6.07, 6.45) is 4.85. The van der Waals surface area contributed by atoms with Gasteiger partial charge in [0.25, 0.3) is 0 Å². The Kier molecular flexibility index (Phi) is 5.11. The highest BCUT2D eigenvalue weighted by Gasteiger charge is 2.35. The summed E-state index contributed by atoms with van der Waals surface area (Å²) in [6.45, 7) is 4.36. The first kappa shape index (κ1) is 16.9. The second-order valence-corrected chi connectivity index (χ2v) is 6.28. The molecule has 0 aliphatic heterocycles. The number of fused-ring (bicyclic) bond motifs is 2. The zero-order valence-electron chi connectivity index (χ0n) is 14.3. The van der Waals surface area contributed by atoms with Gasteiger partial charge in [0.15, 0.2) is 0 Å². The molecule has 0 amide bonds. The molecule has 0 spiro atoms. The van der Waals surface area contributed by atoms with Crippen LogP contribution in [0.2, 0.25) is 0 Å². The second kappa shape index (κ2) is 7.28. The number of esters is 2. The molecule has 0 bridgehead atoms. The molecule has 2 atom stereocenters. The minimum Gasteiger partial charge on any atom is -0.465 e. The van der Waals surface area contributed by atoms with Gasteiger partial charge in [-0.05, 0) is 52.4 Å². The first-order chi connectivity index (χ1) is 11.7. The summed E-state index contributed by atoms with van der Waals surface area (Å²) in [6, 6.07) is 0. The Hall–Kier alpha value is -1.98. The van der Waals surface area contributed by atoms with E-state index in [9.17, 15) is 9.59 Å². The van der Waals surface area contributed by atoms with Gasteiger partial charge < -0.3 is 9.47 Å². The summed E-state index contributed by atoms with van der Waals surface area (Å²) in [5.74, 6) is -1.08. The van der Waals surface area contributed by atoms with Gasteiger partial charge in [-0.3, -0.25) is 19.6 Å². The van der Waals surface area contributed by atoms with Crippen LogP contribution in [0.4, 0.5) is 0 Å². The number of hydrogen-bond acceptors (Lipinski definition) is 6. The maximum absolute atomic E-state index is 12.2. The van der Waals surface area contributed by atoms with E-state index < -0.39 is 0 Å². The van der Waals surface area contributed by atoms with Gasteiger partial charge in [-0.2, -0.15) is 0 Å². The van der Waals surface area contributed by atoms with E-state index in [1.54, 1.807) is 0 Å². The number of aromatic nitrogens is 2. The third-order valence-electron chi connectivity index (χ3n) is 4.72. The average Bonchev–Trinajstić information content (AvgIpc) is 2.59. The van der Waals surface area contributed by atoms with Crippen LogP contribution in [0.25, 0.3) is 0 Å². The lowest BCUT2D eigenvalue weighted by Crippen LogP contribution is -2.28. The summed E-state index contributed by atoms with van der Waals surface area (Å²) in [5.41, 5.74) is 3.19. The van der Waals surface area contributed by atoms with Gasteiger partial charge in [-0.15, -0.1) is 0 Å². The van der Waals surface area contributed by atoms with Gasteiger partial charge >= 0.3 is 11.9 Å². The van der Waals surface area contributed by atoms with Gasteiger partial charge in [0, 0.05) is 0 Å². The summed E-state index contributed by atoms with van der Waals surface area (Å²) < 4.78 is 10.4. The average molecular weight is 332 g/mol. The maximum Gasteiger partial charge on any atom is 0.315 e. The van der Waals surface area contributed by atoms with Crippen molar-refractivity contribution in [3.63, 3.8) is 0 Å². The molecule has 3 rings (SSSR count). The fourth-order valence-electron chi connectivity index (χ4n) is 3.63. The van der Waals surface area contributed by atoms with Crippen molar-refractivity contribution >= 4 is 11.9 Å². The Labute approximate surface area is 142 Å². The second-order valence-electron chi connectivity index (χ2n) is 6.28. The Morgan fingerprint density at radius 2 is 1.29 bits per heavy atom. The number of ether oxygens (including phenoxy) is 2. The van der Waals surface area contributed by atoms with Crippen LogP contribution in [0.15, 0.2) is 0 Å². The van der Waals surface area contributed by atoms with Crippen molar-refractivity contribution in [2.75, 3.05) is 13.2 Å². The molecule has 0 radical (unpaired) electrons. The molecule has 2 aliphatic rings. The van der Waals surface area contributed by atoms with Gasteiger partial charge in [0.05, 0.1) is 36.0 Å². The molecule has 1 aromatic heterocycles. The number of aryl methyl sites for hydroxylation is 2. The molecule has 1 heterocycles. The van der Waals surface area contributed by atoms with Crippen LogP contribution < -0.4 is 0 Å². The van der Waals surface area contributed by atoms with E-state index in [-0.39, 0.29) is 23.8 Å². The van der Waals surface area contributed by atoms with E-state index >= 15 is 0 Å². The zero-order valence-corrected chi connectivity index (χ0v) is 14.3. The number of hydrogen-bond donors (Lipinski definition) is 0. The highest BCUT2D eigenvalue weighted by Crippen LogP contribution is 2.36. The molecule has 2 aliphatic carbocycles. The summed E-state index contributed by atoms with van der Waals surface area (Å²) in [7, 11) is 0. The van der Waals surface area contributed by atoms with Crippen molar-refractivity contribution in [3.8, 4) is 0 Å². The Bertz CT molecular complexity index is 588. The van der Waals surface area contributed by atoms with E-state index in [1.165, 1.54) is 0 Å². The molecule has 0 fully saturated rings. The lowest BCUT2D eigenvalue weighted by atomic mass is 9.85. The molecule has 0 saturated heterocycles. The maximum atomic E-state index is 12.2. The van der Waals surface area contributed by atoms with Crippen LogP contribution >= 0.6 is 0 Å². The molecule has 0 unspecified atom stereocenters. The normalized spacial score (nSPS) is 22.2. The lowest BCUT2D eigenvalue weighted by Gasteiger charge is -2.28. The molecule has 6 heteroatoms. The van der Waals surface area contributed by atoms with Crippen LogP contribution in [0, 0.1) is 0 Å². The highest BCUT2D eigenvalue weighted by atomic mass is 16.5.